The monoisotopic (exact) mass is 391 g/mol. The number of rotatable bonds is 3. The third-order valence-corrected chi connectivity index (χ3v) is 5.77. The molecule has 1 aliphatic carbocycles. The predicted molar refractivity (Wildman–Crippen MR) is 101 cm³/mol. The van der Waals surface area contributed by atoms with Gasteiger partial charge in [-0.1, -0.05) is 19.3 Å². The summed E-state index contributed by atoms with van der Waals surface area (Å²) < 4.78 is 35.6. The highest BCUT2D eigenvalue weighted by atomic mass is 19.1. The molecule has 0 unspecified atom stereocenters. The first-order chi connectivity index (χ1) is 13.5. The standard InChI is InChI=1S/C20H23F2N3O3/c1-28-12-7-8-15(21)13(9-12)17-16(22)10-14-18(23-17)24-20(27)25(19(14)26)11-5-3-2-4-6-11/h7-9,11,16-17,23H,2-6,10H2,1H3,(H,24,27)/t16-,17-/m0/s1. The van der Waals surface area contributed by atoms with Crippen molar-refractivity contribution in [3.05, 3.63) is 56.0 Å². The molecule has 2 heterocycles. The van der Waals surface area contributed by atoms with Crippen LogP contribution in [0.25, 0.3) is 0 Å². The van der Waals surface area contributed by atoms with Crippen LogP contribution in [0.2, 0.25) is 0 Å². The van der Waals surface area contributed by atoms with Gasteiger partial charge >= 0.3 is 5.69 Å². The van der Waals surface area contributed by atoms with E-state index in [-0.39, 0.29) is 29.4 Å². The number of aromatic amines is 1. The number of halogens is 2. The van der Waals surface area contributed by atoms with Crippen molar-refractivity contribution >= 4 is 5.82 Å². The van der Waals surface area contributed by atoms with E-state index in [2.05, 4.69) is 10.3 Å². The lowest BCUT2D eigenvalue weighted by Crippen LogP contribution is -2.44. The number of alkyl halides is 1. The second-order valence-corrected chi connectivity index (χ2v) is 7.48. The Labute approximate surface area is 160 Å². The van der Waals surface area contributed by atoms with Crippen LogP contribution in [-0.2, 0) is 6.42 Å². The lowest BCUT2D eigenvalue weighted by molar-refractivity contribution is 0.277. The first-order valence-electron chi connectivity index (χ1n) is 9.61. The molecule has 28 heavy (non-hydrogen) atoms. The van der Waals surface area contributed by atoms with Crippen LogP contribution in [0.1, 0.15) is 55.3 Å². The number of H-pyrrole nitrogens is 1. The van der Waals surface area contributed by atoms with Crippen LogP contribution < -0.4 is 21.3 Å². The lowest BCUT2D eigenvalue weighted by atomic mass is 9.92. The molecule has 0 radical (unpaired) electrons. The van der Waals surface area contributed by atoms with Crippen molar-refractivity contribution in [3.63, 3.8) is 0 Å². The van der Waals surface area contributed by atoms with Gasteiger partial charge in [0.25, 0.3) is 5.56 Å². The quantitative estimate of drug-likeness (QED) is 0.842. The molecule has 2 atom stereocenters. The largest absolute Gasteiger partial charge is 0.497 e. The summed E-state index contributed by atoms with van der Waals surface area (Å²) >= 11 is 0. The number of nitrogens with one attached hydrogen (secondary N) is 2. The zero-order valence-electron chi connectivity index (χ0n) is 15.6. The van der Waals surface area contributed by atoms with Gasteiger partial charge in [-0.05, 0) is 31.0 Å². The van der Waals surface area contributed by atoms with E-state index >= 15 is 0 Å². The van der Waals surface area contributed by atoms with Crippen LogP contribution in [0.15, 0.2) is 27.8 Å². The third kappa shape index (κ3) is 3.21. The van der Waals surface area contributed by atoms with Crippen LogP contribution in [0.4, 0.5) is 14.6 Å². The Morgan fingerprint density at radius 2 is 1.93 bits per heavy atom. The maximum atomic E-state index is 15.0. The molecule has 150 valence electrons. The summed E-state index contributed by atoms with van der Waals surface area (Å²) in [7, 11) is 1.44. The molecular weight excluding hydrogens is 368 g/mol. The fourth-order valence-electron chi connectivity index (χ4n) is 4.29. The van der Waals surface area contributed by atoms with Gasteiger partial charge in [0.1, 0.15) is 23.6 Å². The van der Waals surface area contributed by atoms with Crippen LogP contribution in [0, 0.1) is 5.82 Å². The molecule has 1 saturated carbocycles. The predicted octanol–water partition coefficient (Wildman–Crippen LogP) is 3.24. The molecule has 4 rings (SSSR count). The molecule has 0 saturated heterocycles. The maximum absolute atomic E-state index is 15.0. The number of hydrogen-bond donors (Lipinski definition) is 2. The van der Waals surface area contributed by atoms with Crippen molar-refractivity contribution in [2.75, 3.05) is 12.4 Å². The van der Waals surface area contributed by atoms with Gasteiger partial charge in [-0.3, -0.25) is 14.3 Å². The highest BCUT2D eigenvalue weighted by Crippen LogP contribution is 2.35. The molecular formula is C20H23F2N3O3. The minimum absolute atomic E-state index is 0.0924. The van der Waals surface area contributed by atoms with Gasteiger partial charge in [-0.25, -0.2) is 13.6 Å². The summed E-state index contributed by atoms with van der Waals surface area (Å²) in [5.41, 5.74) is -0.664. The molecule has 0 bridgehead atoms. The Morgan fingerprint density at radius 3 is 2.64 bits per heavy atom. The van der Waals surface area contributed by atoms with Crippen molar-refractivity contribution in [1.29, 1.82) is 0 Å². The van der Waals surface area contributed by atoms with E-state index in [0.29, 0.717) is 5.75 Å². The number of hydrogen-bond acceptors (Lipinski definition) is 4. The molecule has 0 spiro atoms. The van der Waals surface area contributed by atoms with E-state index in [4.69, 9.17) is 4.74 Å². The lowest BCUT2D eigenvalue weighted by Gasteiger charge is -2.31. The third-order valence-electron chi connectivity index (χ3n) is 5.77. The van der Waals surface area contributed by atoms with Crippen LogP contribution >= 0.6 is 0 Å². The van der Waals surface area contributed by atoms with Gasteiger partial charge < -0.3 is 10.1 Å². The molecule has 2 aromatic rings. The van der Waals surface area contributed by atoms with Crippen LogP contribution in [-0.4, -0.2) is 22.8 Å². The zero-order valence-corrected chi connectivity index (χ0v) is 15.6. The Morgan fingerprint density at radius 1 is 1.18 bits per heavy atom. The van der Waals surface area contributed by atoms with E-state index in [1.807, 2.05) is 0 Å². The Balaban J connectivity index is 1.73. The minimum atomic E-state index is -1.52. The fraction of sp³-hybridized carbons (Fsp3) is 0.500. The minimum Gasteiger partial charge on any atom is -0.497 e. The number of fused-ring (bicyclic) bond motifs is 1. The molecule has 6 nitrogen and oxygen atoms in total. The highest BCUT2D eigenvalue weighted by molar-refractivity contribution is 5.50. The summed E-state index contributed by atoms with van der Waals surface area (Å²) in [6.07, 6.45) is 2.86. The molecule has 1 fully saturated rings. The molecule has 1 aromatic heterocycles. The molecule has 0 amide bonds. The van der Waals surface area contributed by atoms with Gasteiger partial charge in [0.15, 0.2) is 0 Å². The second-order valence-electron chi connectivity index (χ2n) is 7.48. The van der Waals surface area contributed by atoms with E-state index in [0.717, 1.165) is 32.1 Å². The number of nitrogens with zero attached hydrogens (tertiary/aromatic N) is 1. The molecule has 1 aliphatic heterocycles. The molecule has 1 aromatic carbocycles. The Kier molecular flexibility index (Phi) is 4.95. The number of aromatic nitrogens is 2. The van der Waals surface area contributed by atoms with Crippen LogP contribution in [0.5, 0.6) is 5.75 Å². The van der Waals surface area contributed by atoms with Crippen molar-refractivity contribution in [3.8, 4) is 5.75 Å². The first kappa shape index (κ1) is 18.7. The van der Waals surface area contributed by atoms with E-state index < -0.39 is 29.3 Å². The van der Waals surface area contributed by atoms with E-state index in [1.54, 1.807) is 0 Å². The smallest absolute Gasteiger partial charge is 0.330 e. The number of anilines is 1. The average Bonchev–Trinajstić information content (AvgIpc) is 2.70. The van der Waals surface area contributed by atoms with Gasteiger partial charge in [0, 0.05) is 18.0 Å². The summed E-state index contributed by atoms with van der Waals surface area (Å²) in [4.78, 5) is 28.2. The molecule has 8 heteroatoms. The zero-order chi connectivity index (χ0) is 19.8. The topological polar surface area (TPSA) is 76.1 Å². The number of benzene rings is 1. The highest BCUT2D eigenvalue weighted by Gasteiger charge is 2.35. The second kappa shape index (κ2) is 7.41. The van der Waals surface area contributed by atoms with Gasteiger partial charge in [0.05, 0.1) is 18.7 Å². The average molecular weight is 391 g/mol. The Hall–Kier alpha value is -2.64. The van der Waals surface area contributed by atoms with Gasteiger partial charge in [-0.2, -0.15) is 0 Å². The SMILES string of the molecule is COc1ccc(F)c([C@@H]2Nc3[nH]c(=O)n(C4CCCCC4)c(=O)c3C[C@@H]2F)c1. The van der Waals surface area contributed by atoms with E-state index in [1.165, 1.54) is 29.9 Å². The van der Waals surface area contributed by atoms with Gasteiger partial charge in [-0.15, -0.1) is 0 Å². The number of methoxy groups -OCH3 is 1. The summed E-state index contributed by atoms with van der Waals surface area (Å²) in [5, 5.41) is 2.83. The molecule has 2 aliphatic rings. The van der Waals surface area contributed by atoms with Crippen molar-refractivity contribution < 1.29 is 13.5 Å². The summed E-state index contributed by atoms with van der Waals surface area (Å²) in [6.45, 7) is 0. The fourth-order valence-corrected chi connectivity index (χ4v) is 4.29. The summed E-state index contributed by atoms with van der Waals surface area (Å²) in [6, 6.07) is 2.91. The van der Waals surface area contributed by atoms with Crippen molar-refractivity contribution in [1.82, 2.24) is 9.55 Å². The van der Waals surface area contributed by atoms with Crippen LogP contribution in [0.3, 0.4) is 0 Å². The normalized spacial score (nSPS) is 22.4. The van der Waals surface area contributed by atoms with Gasteiger partial charge in [0.2, 0.25) is 0 Å². The van der Waals surface area contributed by atoms with Crippen molar-refractivity contribution in [2.24, 2.45) is 0 Å². The molecule has 2 N–H and O–H groups in total. The Bertz CT molecular complexity index is 995. The van der Waals surface area contributed by atoms with Crippen molar-refractivity contribution in [2.45, 2.75) is 56.8 Å². The number of ether oxygens (including phenoxy) is 1. The maximum Gasteiger partial charge on any atom is 0.330 e. The first-order valence-corrected chi connectivity index (χ1v) is 9.61. The summed E-state index contributed by atoms with van der Waals surface area (Å²) in [5.74, 6) is -0.0112. The van der Waals surface area contributed by atoms with E-state index in [9.17, 15) is 18.4 Å².